The number of hydrogen-bond donors (Lipinski definition) is 1. The summed E-state index contributed by atoms with van der Waals surface area (Å²) < 4.78 is 0. The van der Waals surface area contributed by atoms with Gasteiger partial charge in [0.2, 0.25) is 0 Å². The Morgan fingerprint density at radius 1 is 0.962 bits per heavy atom. The van der Waals surface area contributed by atoms with Crippen molar-refractivity contribution in [2.45, 2.75) is 19.3 Å². The monoisotopic (exact) mass is 346 g/mol. The Morgan fingerprint density at radius 2 is 1.58 bits per heavy atom. The summed E-state index contributed by atoms with van der Waals surface area (Å²) in [5.41, 5.74) is 3.90. The molecule has 4 heteroatoms. The molecule has 0 aliphatic heterocycles. The van der Waals surface area contributed by atoms with Crippen molar-refractivity contribution in [1.29, 1.82) is 0 Å². The van der Waals surface area contributed by atoms with Crippen LogP contribution in [0.1, 0.15) is 36.1 Å². The third-order valence-corrected chi connectivity index (χ3v) is 4.22. The molecule has 0 saturated carbocycles. The van der Waals surface area contributed by atoms with Crippen molar-refractivity contribution in [2.24, 2.45) is 5.16 Å². The van der Waals surface area contributed by atoms with E-state index in [9.17, 15) is 5.11 Å². The van der Waals surface area contributed by atoms with E-state index in [0.717, 1.165) is 6.42 Å². The van der Waals surface area contributed by atoms with Gasteiger partial charge in [-0.15, -0.1) is 0 Å². The topological polar surface area (TPSA) is 54.7 Å². The van der Waals surface area contributed by atoms with Gasteiger partial charge < -0.3 is 9.94 Å². The highest BCUT2D eigenvalue weighted by atomic mass is 16.6. The van der Waals surface area contributed by atoms with Crippen molar-refractivity contribution in [2.75, 3.05) is 6.61 Å². The molecule has 0 amide bonds. The Bertz CT molecular complexity index is 792. The van der Waals surface area contributed by atoms with Crippen molar-refractivity contribution in [3.8, 4) is 5.75 Å². The number of aromatic hydroxyl groups is 1. The third-order valence-electron chi connectivity index (χ3n) is 4.22. The quantitative estimate of drug-likeness (QED) is 0.381. The average Bonchev–Trinajstić information content (AvgIpc) is 2.70. The Morgan fingerprint density at radius 3 is 2.12 bits per heavy atom. The van der Waals surface area contributed by atoms with Crippen molar-refractivity contribution >= 4 is 5.71 Å². The molecular formula is C22H22N2O2. The lowest BCUT2D eigenvalue weighted by molar-refractivity contribution is 0.138. The maximum absolute atomic E-state index is 9.30. The Balaban J connectivity index is 1.65. The first-order valence-electron chi connectivity index (χ1n) is 8.66. The van der Waals surface area contributed by atoms with Crippen LogP contribution < -0.4 is 0 Å². The van der Waals surface area contributed by atoms with Gasteiger partial charge in [-0.25, -0.2) is 0 Å². The minimum absolute atomic E-state index is 0.135. The fourth-order valence-corrected chi connectivity index (χ4v) is 2.86. The van der Waals surface area contributed by atoms with Crippen molar-refractivity contribution < 1.29 is 9.94 Å². The SMILES string of the molecule is CC(=NOCCC(c1ccccc1)c1ccccc1)c1ccc(O)cn1. The standard InChI is InChI=1S/C22H22N2O2/c1-17(22-13-12-20(25)16-23-22)24-26-15-14-21(18-8-4-2-5-9-18)19-10-6-3-7-11-19/h2-13,16,21,25H,14-15H2,1H3. The molecule has 3 aromatic rings. The predicted molar refractivity (Wildman–Crippen MR) is 103 cm³/mol. The van der Waals surface area contributed by atoms with E-state index in [0.29, 0.717) is 18.0 Å². The van der Waals surface area contributed by atoms with Crippen LogP contribution in [-0.4, -0.2) is 22.4 Å². The highest BCUT2D eigenvalue weighted by Crippen LogP contribution is 2.27. The van der Waals surface area contributed by atoms with Crippen LogP contribution in [0.5, 0.6) is 5.75 Å². The Labute approximate surface area is 153 Å². The van der Waals surface area contributed by atoms with E-state index in [2.05, 4.69) is 58.7 Å². The van der Waals surface area contributed by atoms with Crippen LogP contribution in [0.3, 0.4) is 0 Å². The Kier molecular flexibility index (Phi) is 5.99. The minimum atomic E-state index is 0.135. The Hall–Kier alpha value is -3.14. The summed E-state index contributed by atoms with van der Waals surface area (Å²) in [4.78, 5) is 9.67. The van der Waals surface area contributed by atoms with Crippen LogP contribution in [-0.2, 0) is 4.84 Å². The number of pyridine rings is 1. The van der Waals surface area contributed by atoms with E-state index in [-0.39, 0.29) is 11.7 Å². The molecule has 0 spiro atoms. The first kappa shape index (κ1) is 17.7. The van der Waals surface area contributed by atoms with Crippen LogP contribution in [0.15, 0.2) is 84.1 Å². The number of hydrogen-bond acceptors (Lipinski definition) is 4. The molecule has 1 aromatic heterocycles. The number of rotatable bonds is 7. The van der Waals surface area contributed by atoms with Crippen LogP contribution in [0.2, 0.25) is 0 Å². The van der Waals surface area contributed by atoms with E-state index in [1.807, 2.05) is 19.1 Å². The maximum Gasteiger partial charge on any atom is 0.133 e. The molecule has 0 aliphatic rings. The van der Waals surface area contributed by atoms with Gasteiger partial charge in [-0.05, 0) is 36.6 Å². The summed E-state index contributed by atoms with van der Waals surface area (Å²) in [5, 5.41) is 13.5. The molecule has 0 fully saturated rings. The highest BCUT2D eigenvalue weighted by molar-refractivity contribution is 5.96. The predicted octanol–water partition coefficient (Wildman–Crippen LogP) is 4.75. The summed E-state index contributed by atoms with van der Waals surface area (Å²) in [5.74, 6) is 0.399. The minimum Gasteiger partial charge on any atom is -0.506 e. The first-order valence-corrected chi connectivity index (χ1v) is 8.66. The van der Waals surface area contributed by atoms with E-state index in [1.165, 1.54) is 17.3 Å². The lowest BCUT2D eigenvalue weighted by Crippen LogP contribution is -2.06. The van der Waals surface area contributed by atoms with Crippen molar-refractivity contribution in [3.05, 3.63) is 95.8 Å². The summed E-state index contributed by atoms with van der Waals surface area (Å²) >= 11 is 0. The van der Waals surface area contributed by atoms with Gasteiger partial charge in [0, 0.05) is 5.92 Å². The second-order valence-corrected chi connectivity index (χ2v) is 6.07. The largest absolute Gasteiger partial charge is 0.506 e. The van der Waals surface area contributed by atoms with Gasteiger partial charge in [0.15, 0.2) is 0 Å². The summed E-state index contributed by atoms with van der Waals surface area (Å²) in [6.07, 6.45) is 2.23. The molecule has 132 valence electrons. The second-order valence-electron chi connectivity index (χ2n) is 6.07. The van der Waals surface area contributed by atoms with E-state index >= 15 is 0 Å². The lowest BCUT2D eigenvalue weighted by atomic mass is 9.89. The molecule has 0 aliphatic carbocycles. The smallest absolute Gasteiger partial charge is 0.133 e. The van der Waals surface area contributed by atoms with E-state index in [1.54, 1.807) is 12.1 Å². The summed E-state index contributed by atoms with van der Waals surface area (Å²) in [7, 11) is 0. The molecule has 0 radical (unpaired) electrons. The fraction of sp³-hybridized carbons (Fsp3) is 0.182. The van der Waals surface area contributed by atoms with Gasteiger partial charge in [0.25, 0.3) is 0 Å². The first-order chi connectivity index (χ1) is 12.7. The van der Waals surface area contributed by atoms with E-state index in [4.69, 9.17) is 4.84 Å². The molecule has 2 aromatic carbocycles. The molecule has 0 saturated heterocycles. The molecule has 0 unspecified atom stereocenters. The molecular weight excluding hydrogens is 324 g/mol. The zero-order valence-electron chi connectivity index (χ0n) is 14.7. The zero-order valence-corrected chi connectivity index (χ0v) is 14.7. The van der Waals surface area contributed by atoms with Crippen LogP contribution in [0.4, 0.5) is 0 Å². The highest BCUT2D eigenvalue weighted by Gasteiger charge is 2.13. The van der Waals surface area contributed by atoms with Gasteiger partial charge >= 0.3 is 0 Å². The molecule has 0 atom stereocenters. The molecule has 0 bridgehead atoms. The van der Waals surface area contributed by atoms with Gasteiger partial charge in [0.05, 0.1) is 11.9 Å². The van der Waals surface area contributed by atoms with E-state index < -0.39 is 0 Å². The van der Waals surface area contributed by atoms with Crippen LogP contribution >= 0.6 is 0 Å². The zero-order chi connectivity index (χ0) is 18.2. The second kappa shape index (κ2) is 8.81. The van der Waals surface area contributed by atoms with Gasteiger partial charge in [0.1, 0.15) is 18.1 Å². The molecule has 1 N–H and O–H groups in total. The van der Waals surface area contributed by atoms with Gasteiger partial charge in [-0.2, -0.15) is 0 Å². The number of benzene rings is 2. The number of aromatic nitrogens is 1. The molecule has 4 nitrogen and oxygen atoms in total. The van der Waals surface area contributed by atoms with Crippen molar-refractivity contribution in [3.63, 3.8) is 0 Å². The molecule has 3 rings (SSSR count). The lowest BCUT2D eigenvalue weighted by Gasteiger charge is -2.17. The number of oxime groups is 1. The fourth-order valence-electron chi connectivity index (χ4n) is 2.86. The normalized spacial score (nSPS) is 11.5. The van der Waals surface area contributed by atoms with Crippen LogP contribution in [0.25, 0.3) is 0 Å². The summed E-state index contributed by atoms with van der Waals surface area (Å²) in [6, 6.07) is 24.2. The molecule has 1 heterocycles. The van der Waals surface area contributed by atoms with Gasteiger partial charge in [-0.1, -0.05) is 65.8 Å². The number of nitrogens with zero attached hydrogens (tertiary/aromatic N) is 2. The van der Waals surface area contributed by atoms with Crippen LogP contribution in [0, 0.1) is 0 Å². The summed E-state index contributed by atoms with van der Waals surface area (Å²) in [6.45, 7) is 2.34. The molecule has 26 heavy (non-hydrogen) atoms. The maximum atomic E-state index is 9.30. The average molecular weight is 346 g/mol. The van der Waals surface area contributed by atoms with Gasteiger partial charge in [-0.3, -0.25) is 4.98 Å². The third kappa shape index (κ3) is 4.70. The van der Waals surface area contributed by atoms with Crippen molar-refractivity contribution in [1.82, 2.24) is 4.98 Å².